The minimum absolute atomic E-state index is 0.605. The first-order chi connectivity index (χ1) is 9.13. The number of anilines is 1. The summed E-state index contributed by atoms with van der Waals surface area (Å²) in [4.78, 5) is 1.22. The highest BCUT2D eigenvalue weighted by Gasteiger charge is 2.09. The number of hydrogen-bond donors (Lipinski definition) is 1. The number of thiophene rings is 1. The molecule has 19 heavy (non-hydrogen) atoms. The Morgan fingerprint density at radius 2 is 1.89 bits per heavy atom. The summed E-state index contributed by atoms with van der Waals surface area (Å²) in [6.07, 6.45) is 0. The van der Waals surface area contributed by atoms with Crippen LogP contribution in [0, 0.1) is 0 Å². The van der Waals surface area contributed by atoms with Crippen LogP contribution in [0.4, 0.5) is 5.69 Å². The molecule has 0 unspecified atom stereocenters. The van der Waals surface area contributed by atoms with E-state index in [1.54, 1.807) is 31.6 Å². The van der Waals surface area contributed by atoms with Gasteiger partial charge in [-0.1, -0.05) is 11.6 Å². The maximum Gasteiger partial charge on any atom is 0.162 e. The van der Waals surface area contributed by atoms with Gasteiger partial charge < -0.3 is 14.8 Å². The minimum Gasteiger partial charge on any atom is -0.493 e. The van der Waals surface area contributed by atoms with Gasteiger partial charge in [0.2, 0.25) is 0 Å². The summed E-state index contributed by atoms with van der Waals surface area (Å²) < 4.78 is 11.6. The molecule has 0 spiro atoms. The van der Waals surface area contributed by atoms with Gasteiger partial charge in [-0.2, -0.15) is 0 Å². The van der Waals surface area contributed by atoms with E-state index in [1.807, 2.05) is 12.1 Å². The summed E-state index contributed by atoms with van der Waals surface area (Å²) in [7, 11) is 3.19. The van der Waals surface area contributed by atoms with E-state index >= 15 is 0 Å². The third-order valence-corrected chi connectivity index (χ3v) is 4.49. The van der Waals surface area contributed by atoms with Crippen molar-refractivity contribution in [2.75, 3.05) is 19.5 Å². The number of hydrogen-bond acceptors (Lipinski definition) is 4. The van der Waals surface area contributed by atoms with Crippen molar-refractivity contribution < 1.29 is 9.47 Å². The van der Waals surface area contributed by atoms with E-state index in [2.05, 4.69) is 27.3 Å². The van der Waals surface area contributed by atoms with Crippen LogP contribution in [0.3, 0.4) is 0 Å². The molecule has 102 valence electrons. The maximum absolute atomic E-state index is 6.20. The smallest absolute Gasteiger partial charge is 0.162 e. The molecule has 3 nitrogen and oxygen atoms in total. The Morgan fingerprint density at radius 1 is 1.21 bits per heavy atom. The lowest BCUT2D eigenvalue weighted by Gasteiger charge is -2.12. The van der Waals surface area contributed by atoms with E-state index < -0.39 is 0 Å². The van der Waals surface area contributed by atoms with Gasteiger partial charge in [-0.3, -0.25) is 0 Å². The summed E-state index contributed by atoms with van der Waals surface area (Å²) >= 11 is 11.3. The van der Waals surface area contributed by atoms with Gasteiger partial charge in [0.15, 0.2) is 11.5 Å². The molecule has 6 heteroatoms. The van der Waals surface area contributed by atoms with E-state index in [9.17, 15) is 0 Å². The van der Waals surface area contributed by atoms with Crippen molar-refractivity contribution in [3.05, 3.63) is 38.0 Å². The molecule has 0 saturated heterocycles. The molecule has 2 aromatic rings. The highest BCUT2D eigenvalue weighted by Crippen LogP contribution is 2.36. The molecule has 0 aliphatic rings. The van der Waals surface area contributed by atoms with E-state index in [-0.39, 0.29) is 0 Å². The van der Waals surface area contributed by atoms with Crippen molar-refractivity contribution in [1.29, 1.82) is 0 Å². The predicted molar refractivity (Wildman–Crippen MR) is 83.9 cm³/mol. The van der Waals surface area contributed by atoms with Crippen molar-refractivity contribution in [1.82, 2.24) is 0 Å². The molecule has 0 atom stereocenters. The van der Waals surface area contributed by atoms with Crippen LogP contribution >= 0.6 is 38.9 Å². The number of halogens is 2. The Kier molecular flexibility index (Phi) is 4.96. The van der Waals surface area contributed by atoms with Gasteiger partial charge in [0, 0.05) is 23.6 Å². The zero-order chi connectivity index (χ0) is 13.8. The molecule has 0 saturated carbocycles. The molecule has 0 aliphatic carbocycles. The van der Waals surface area contributed by atoms with Crippen molar-refractivity contribution >= 4 is 44.6 Å². The molecule has 0 aliphatic heterocycles. The van der Waals surface area contributed by atoms with E-state index in [1.165, 1.54) is 4.88 Å². The first kappa shape index (κ1) is 14.5. The average molecular weight is 363 g/mol. The largest absolute Gasteiger partial charge is 0.493 e. The summed E-state index contributed by atoms with van der Waals surface area (Å²) in [6.45, 7) is 0.714. The van der Waals surface area contributed by atoms with Crippen LogP contribution < -0.4 is 14.8 Å². The quantitative estimate of drug-likeness (QED) is 0.829. The van der Waals surface area contributed by atoms with Gasteiger partial charge >= 0.3 is 0 Å². The lowest BCUT2D eigenvalue weighted by molar-refractivity contribution is 0.355. The monoisotopic (exact) mass is 361 g/mol. The van der Waals surface area contributed by atoms with E-state index in [4.69, 9.17) is 21.1 Å². The Hall–Kier alpha value is -0.910. The van der Waals surface area contributed by atoms with Crippen LogP contribution in [0.15, 0.2) is 28.1 Å². The van der Waals surface area contributed by atoms with Crippen LogP contribution in [0.25, 0.3) is 0 Å². The molecular formula is C13H13BrClNO2S. The van der Waals surface area contributed by atoms with Gasteiger partial charge in [-0.05, 0) is 28.1 Å². The predicted octanol–water partition coefficient (Wildman–Crippen LogP) is 4.79. The molecule has 0 fully saturated rings. The molecule has 1 aromatic heterocycles. The van der Waals surface area contributed by atoms with Crippen LogP contribution in [-0.4, -0.2) is 14.2 Å². The maximum atomic E-state index is 6.20. The molecule has 1 aromatic carbocycles. The third kappa shape index (κ3) is 3.55. The fourth-order valence-electron chi connectivity index (χ4n) is 1.62. The van der Waals surface area contributed by atoms with E-state index in [0.717, 1.165) is 9.47 Å². The minimum atomic E-state index is 0.605. The fourth-order valence-corrected chi connectivity index (χ4v) is 3.26. The van der Waals surface area contributed by atoms with Crippen molar-refractivity contribution in [3.63, 3.8) is 0 Å². The molecule has 0 radical (unpaired) electrons. The number of methoxy groups -OCH3 is 2. The molecule has 0 amide bonds. The van der Waals surface area contributed by atoms with Gasteiger partial charge in [0.1, 0.15) is 0 Å². The lowest BCUT2D eigenvalue weighted by atomic mass is 10.2. The van der Waals surface area contributed by atoms with Crippen LogP contribution in [0.1, 0.15) is 4.88 Å². The second-order valence-corrected chi connectivity index (χ2v) is 6.70. The molecular weight excluding hydrogens is 350 g/mol. The number of nitrogens with one attached hydrogen (secondary N) is 1. The lowest BCUT2D eigenvalue weighted by Crippen LogP contribution is -1.99. The fraction of sp³-hybridized carbons (Fsp3) is 0.231. The summed E-state index contributed by atoms with van der Waals surface area (Å²) in [6, 6.07) is 7.67. The SMILES string of the molecule is COc1cc(Cl)c(NCc2ccc(Br)s2)cc1OC. The van der Waals surface area contributed by atoms with Gasteiger partial charge in [0.05, 0.1) is 28.7 Å². The van der Waals surface area contributed by atoms with E-state index in [0.29, 0.717) is 23.1 Å². The van der Waals surface area contributed by atoms with Crippen LogP contribution in [0.5, 0.6) is 11.5 Å². The topological polar surface area (TPSA) is 30.5 Å². The van der Waals surface area contributed by atoms with Crippen molar-refractivity contribution in [2.45, 2.75) is 6.54 Å². The average Bonchev–Trinajstić information content (AvgIpc) is 2.82. The number of benzene rings is 1. The first-order valence-electron chi connectivity index (χ1n) is 5.53. The second-order valence-electron chi connectivity index (χ2n) is 3.75. The van der Waals surface area contributed by atoms with Crippen LogP contribution in [-0.2, 0) is 6.54 Å². The Bertz CT molecular complexity index is 574. The van der Waals surface area contributed by atoms with Crippen molar-refractivity contribution in [3.8, 4) is 11.5 Å². The van der Waals surface area contributed by atoms with Crippen LogP contribution in [0.2, 0.25) is 5.02 Å². The molecule has 0 bridgehead atoms. The highest BCUT2D eigenvalue weighted by atomic mass is 79.9. The zero-order valence-electron chi connectivity index (χ0n) is 10.5. The number of rotatable bonds is 5. The molecule has 1 heterocycles. The van der Waals surface area contributed by atoms with Gasteiger partial charge in [-0.15, -0.1) is 11.3 Å². The van der Waals surface area contributed by atoms with Crippen molar-refractivity contribution in [2.24, 2.45) is 0 Å². The zero-order valence-corrected chi connectivity index (χ0v) is 13.7. The first-order valence-corrected chi connectivity index (χ1v) is 7.52. The summed E-state index contributed by atoms with van der Waals surface area (Å²) in [5.74, 6) is 1.28. The third-order valence-electron chi connectivity index (χ3n) is 2.56. The summed E-state index contributed by atoms with van der Waals surface area (Å²) in [5, 5.41) is 3.90. The number of ether oxygens (including phenoxy) is 2. The highest BCUT2D eigenvalue weighted by molar-refractivity contribution is 9.11. The molecule has 2 rings (SSSR count). The summed E-state index contributed by atoms with van der Waals surface area (Å²) in [5.41, 5.74) is 0.823. The van der Waals surface area contributed by atoms with Gasteiger partial charge in [-0.25, -0.2) is 0 Å². The molecule has 1 N–H and O–H groups in total. The Balaban J connectivity index is 2.15. The van der Waals surface area contributed by atoms with Gasteiger partial charge in [0.25, 0.3) is 0 Å². The standard InChI is InChI=1S/C13H13BrClNO2S/c1-17-11-5-9(15)10(6-12(11)18-2)16-7-8-3-4-13(14)19-8/h3-6,16H,7H2,1-2H3. The second kappa shape index (κ2) is 6.50. The Morgan fingerprint density at radius 3 is 2.47 bits per heavy atom. The Labute approximate surface area is 129 Å². The normalized spacial score (nSPS) is 10.3.